The van der Waals surface area contributed by atoms with E-state index >= 15 is 0 Å². The van der Waals surface area contributed by atoms with Gasteiger partial charge in [0.05, 0.1) is 6.61 Å². The maximum Gasteiger partial charge on any atom is 0.244 e. The first-order chi connectivity index (χ1) is 14.6. The molecular weight excluding hydrogens is 378 g/mol. The minimum atomic E-state index is -0.113. The average molecular weight is 412 g/mol. The van der Waals surface area contributed by atoms with Crippen LogP contribution in [0.1, 0.15) is 60.7 Å². The lowest BCUT2D eigenvalue weighted by Gasteiger charge is -2.26. The lowest BCUT2D eigenvalue weighted by molar-refractivity contribution is -0.116. The van der Waals surface area contributed by atoms with Gasteiger partial charge >= 0.3 is 0 Å². The van der Waals surface area contributed by atoms with Crippen LogP contribution in [0.5, 0.6) is 5.88 Å². The Balaban J connectivity index is 1.52. The second-order valence-electron chi connectivity index (χ2n) is 7.89. The van der Waals surface area contributed by atoms with Gasteiger partial charge in [-0.3, -0.25) is 4.79 Å². The van der Waals surface area contributed by atoms with Crippen molar-refractivity contribution in [3.05, 3.63) is 53.0 Å². The molecule has 1 saturated carbocycles. The Kier molecular flexibility index (Phi) is 8.08. The molecule has 1 aliphatic carbocycles. The Morgan fingerprint density at radius 3 is 2.73 bits per heavy atom. The normalized spacial score (nSPS) is 14.9. The van der Waals surface area contributed by atoms with E-state index in [-0.39, 0.29) is 5.91 Å². The van der Waals surface area contributed by atoms with Crippen molar-refractivity contribution >= 4 is 12.0 Å². The van der Waals surface area contributed by atoms with Crippen molar-refractivity contribution in [2.75, 3.05) is 20.3 Å². The lowest BCUT2D eigenvalue weighted by atomic mass is 9.95. The molecule has 1 N–H and O–H groups in total. The summed E-state index contributed by atoms with van der Waals surface area (Å²) in [5, 5.41) is 2.91. The van der Waals surface area contributed by atoms with Crippen molar-refractivity contribution in [1.82, 2.24) is 14.9 Å². The van der Waals surface area contributed by atoms with Crippen LogP contribution < -0.4 is 10.1 Å². The Hall–Kier alpha value is -2.60. The molecular formula is C24H33N3O3. The number of hydrogen-bond donors (Lipinski definition) is 1. The van der Waals surface area contributed by atoms with Gasteiger partial charge in [-0.05, 0) is 50.0 Å². The zero-order chi connectivity index (χ0) is 21.3. The maximum atomic E-state index is 12.3. The van der Waals surface area contributed by atoms with E-state index in [1.54, 1.807) is 25.4 Å². The van der Waals surface area contributed by atoms with Crippen LogP contribution in [-0.2, 0) is 16.1 Å². The van der Waals surface area contributed by atoms with E-state index in [2.05, 4.69) is 34.8 Å². The van der Waals surface area contributed by atoms with Gasteiger partial charge in [-0.15, -0.1) is 0 Å². The summed E-state index contributed by atoms with van der Waals surface area (Å²) in [6.45, 7) is 5.73. The van der Waals surface area contributed by atoms with Gasteiger partial charge in [-0.1, -0.05) is 25.3 Å². The zero-order valence-electron chi connectivity index (χ0n) is 18.3. The van der Waals surface area contributed by atoms with Crippen LogP contribution in [0.2, 0.25) is 0 Å². The molecule has 2 aromatic heterocycles. The van der Waals surface area contributed by atoms with Crippen LogP contribution >= 0.6 is 0 Å². The molecule has 0 aliphatic heterocycles. The summed E-state index contributed by atoms with van der Waals surface area (Å²) in [6, 6.07) is 6.48. The third-order valence-corrected chi connectivity index (χ3v) is 5.68. The largest absolute Gasteiger partial charge is 0.475 e. The highest BCUT2D eigenvalue weighted by Gasteiger charge is 2.19. The van der Waals surface area contributed by atoms with Crippen LogP contribution in [0.3, 0.4) is 0 Å². The fourth-order valence-corrected chi connectivity index (χ4v) is 4.12. The number of carbonyl (C=O) groups excluding carboxylic acids is 1. The van der Waals surface area contributed by atoms with Crippen molar-refractivity contribution < 1.29 is 14.3 Å². The minimum Gasteiger partial charge on any atom is -0.475 e. The molecule has 0 bridgehead atoms. The molecule has 6 nitrogen and oxygen atoms in total. The number of hydrogen-bond acceptors (Lipinski definition) is 4. The molecule has 2 heterocycles. The molecule has 1 amide bonds. The van der Waals surface area contributed by atoms with Crippen molar-refractivity contribution in [2.24, 2.45) is 0 Å². The standard InChI is InChI=1S/C24H33N3O3/c1-18-15-21(19(2)27(18)22-7-5-4-6-8-22)10-11-23(28)25-16-20-9-12-24(26-17-20)30-14-13-29-3/h9-12,15,17,22H,4-8,13-14,16H2,1-3H3,(H,25,28)/b11-10+. The second-order valence-corrected chi connectivity index (χ2v) is 7.89. The number of aryl methyl sites for hydroxylation is 1. The fourth-order valence-electron chi connectivity index (χ4n) is 4.12. The maximum absolute atomic E-state index is 12.3. The Bertz CT molecular complexity index is 849. The number of rotatable bonds is 9. The molecule has 30 heavy (non-hydrogen) atoms. The number of nitrogens with zero attached hydrogens (tertiary/aromatic N) is 2. The minimum absolute atomic E-state index is 0.113. The summed E-state index contributed by atoms with van der Waals surface area (Å²) in [7, 11) is 1.63. The quantitative estimate of drug-likeness (QED) is 0.492. The number of methoxy groups -OCH3 is 1. The molecule has 0 atom stereocenters. The van der Waals surface area contributed by atoms with Crippen LogP contribution in [0, 0.1) is 13.8 Å². The number of amides is 1. The number of carbonyl (C=O) groups is 1. The number of pyridine rings is 1. The van der Waals surface area contributed by atoms with E-state index in [9.17, 15) is 4.79 Å². The fraction of sp³-hybridized carbons (Fsp3) is 0.500. The van der Waals surface area contributed by atoms with Crippen molar-refractivity contribution in [3.8, 4) is 5.88 Å². The predicted molar refractivity (Wildman–Crippen MR) is 119 cm³/mol. The van der Waals surface area contributed by atoms with Crippen LogP contribution in [0.4, 0.5) is 0 Å². The average Bonchev–Trinajstić information content (AvgIpc) is 3.05. The summed E-state index contributed by atoms with van der Waals surface area (Å²) in [4.78, 5) is 16.5. The third kappa shape index (κ3) is 5.95. The predicted octanol–water partition coefficient (Wildman–Crippen LogP) is 4.36. The molecule has 3 rings (SSSR count). The van der Waals surface area contributed by atoms with E-state index in [1.165, 1.54) is 43.5 Å². The van der Waals surface area contributed by atoms with Gasteiger partial charge in [0.1, 0.15) is 6.61 Å². The number of ether oxygens (including phenoxy) is 2. The van der Waals surface area contributed by atoms with E-state index in [0.29, 0.717) is 31.7 Å². The molecule has 162 valence electrons. The highest BCUT2D eigenvalue weighted by atomic mass is 16.5. The molecule has 1 aliphatic rings. The summed E-state index contributed by atoms with van der Waals surface area (Å²) in [6.07, 6.45) is 11.7. The van der Waals surface area contributed by atoms with Crippen LogP contribution in [-0.4, -0.2) is 35.8 Å². The number of nitrogens with one attached hydrogen (secondary N) is 1. The van der Waals surface area contributed by atoms with Crippen LogP contribution in [0.25, 0.3) is 6.08 Å². The van der Waals surface area contributed by atoms with Crippen molar-refractivity contribution in [1.29, 1.82) is 0 Å². The molecule has 0 aromatic carbocycles. The molecule has 0 saturated heterocycles. The first kappa shape index (κ1) is 22.1. The number of aromatic nitrogens is 2. The van der Waals surface area contributed by atoms with Gasteiger partial charge < -0.3 is 19.4 Å². The lowest BCUT2D eigenvalue weighted by Crippen LogP contribution is -2.20. The Morgan fingerprint density at radius 2 is 2.03 bits per heavy atom. The Labute approximate surface area is 179 Å². The topological polar surface area (TPSA) is 65.4 Å². The molecule has 6 heteroatoms. The second kappa shape index (κ2) is 11.0. The molecule has 2 aromatic rings. The summed E-state index contributed by atoms with van der Waals surface area (Å²) in [5.74, 6) is 0.438. The molecule has 1 fully saturated rings. The first-order valence-electron chi connectivity index (χ1n) is 10.8. The zero-order valence-corrected chi connectivity index (χ0v) is 18.3. The molecule has 0 radical (unpaired) electrons. The summed E-state index contributed by atoms with van der Waals surface area (Å²) < 4.78 is 12.8. The van der Waals surface area contributed by atoms with E-state index in [4.69, 9.17) is 9.47 Å². The van der Waals surface area contributed by atoms with Gasteiger partial charge in [0.15, 0.2) is 0 Å². The van der Waals surface area contributed by atoms with Crippen molar-refractivity contribution in [2.45, 2.75) is 58.5 Å². The van der Waals surface area contributed by atoms with Gasteiger partial charge in [0.25, 0.3) is 0 Å². The van der Waals surface area contributed by atoms with Gasteiger partial charge in [-0.2, -0.15) is 0 Å². The van der Waals surface area contributed by atoms with Gasteiger partial charge in [-0.25, -0.2) is 4.98 Å². The molecule has 0 unspecified atom stereocenters. The van der Waals surface area contributed by atoms with E-state index in [1.807, 2.05) is 12.1 Å². The van der Waals surface area contributed by atoms with Gasteiger partial charge in [0.2, 0.25) is 11.8 Å². The van der Waals surface area contributed by atoms with E-state index in [0.717, 1.165) is 11.1 Å². The summed E-state index contributed by atoms with van der Waals surface area (Å²) in [5.41, 5.74) is 4.56. The smallest absolute Gasteiger partial charge is 0.244 e. The highest BCUT2D eigenvalue weighted by molar-refractivity contribution is 5.91. The van der Waals surface area contributed by atoms with Gasteiger partial charge in [0, 0.05) is 49.4 Å². The third-order valence-electron chi connectivity index (χ3n) is 5.68. The van der Waals surface area contributed by atoms with Crippen molar-refractivity contribution in [3.63, 3.8) is 0 Å². The first-order valence-corrected chi connectivity index (χ1v) is 10.8. The molecule has 0 spiro atoms. The Morgan fingerprint density at radius 1 is 1.23 bits per heavy atom. The summed E-state index contributed by atoms with van der Waals surface area (Å²) >= 11 is 0. The SMILES string of the molecule is COCCOc1ccc(CNC(=O)/C=C/c2cc(C)n(C3CCCCC3)c2C)cn1. The monoisotopic (exact) mass is 411 g/mol. The van der Waals surface area contributed by atoms with E-state index < -0.39 is 0 Å². The van der Waals surface area contributed by atoms with Crippen LogP contribution in [0.15, 0.2) is 30.5 Å². The highest BCUT2D eigenvalue weighted by Crippen LogP contribution is 2.32.